The van der Waals surface area contributed by atoms with Crippen LogP contribution in [0.4, 0.5) is 0 Å². The van der Waals surface area contributed by atoms with Gasteiger partial charge in [0.05, 0.1) is 11.0 Å². The maximum Gasteiger partial charge on any atom is 0.253 e. The molecule has 10 heteroatoms. The second-order valence-corrected chi connectivity index (χ2v) is 10.5. The normalized spacial score (nSPS) is 20.6. The summed E-state index contributed by atoms with van der Waals surface area (Å²) in [6.07, 6.45) is 1.75. The smallest absolute Gasteiger partial charge is 0.253 e. The van der Waals surface area contributed by atoms with Crippen molar-refractivity contribution in [3.8, 4) is 11.5 Å². The van der Waals surface area contributed by atoms with Crippen LogP contribution in [0.3, 0.4) is 0 Å². The number of carbonyl (C=O) groups is 1. The van der Waals surface area contributed by atoms with Gasteiger partial charge in [0.1, 0.15) is 0 Å². The minimum Gasteiger partial charge on any atom is -0.454 e. The Balaban J connectivity index is 1.13. The molecular weight excluding hydrogens is 458 g/mol. The molecule has 9 nitrogen and oxygen atoms in total. The van der Waals surface area contributed by atoms with Crippen LogP contribution in [-0.4, -0.2) is 76.4 Å². The average molecular weight is 488 g/mol. The molecule has 1 unspecified atom stereocenters. The first-order chi connectivity index (χ1) is 16.5. The van der Waals surface area contributed by atoms with Crippen molar-refractivity contribution in [3.05, 3.63) is 53.6 Å². The van der Waals surface area contributed by atoms with Crippen LogP contribution >= 0.6 is 0 Å². The van der Waals surface area contributed by atoms with Gasteiger partial charge in [0.25, 0.3) is 5.91 Å². The van der Waals surface area contributed by atoms with Gasteiger partial charge < -0.3 is 19.1 Å². The number of nitrogens with zero attached hydrogens (tertiary/aromatic N) is 2. The third-order valence-corrected chi connectivity index (χ3v) is 7.88. The van der Waals surface area contributed by atoms with Gasteiger partial charge in [0, 0.05) is 51.4 Å². The SMILES string of the molecule is O=C(c1ccc(S(=O)(=O)NCC2CCCO2)cc1)N1CCN(Cc2ccc3c(c2)OCO3)CC1. The van der Waals surface area contributed by atoms with E-state index in [4.69, 9.17) is 14.2 Å². The summed E-state index contributed by atoms with van der Waals surface area (Å²) in [7, 11) is -3.63. The van der Waals surface area contributed by atoms with Crippen LogP contribution in [0.15, 0.2) is 47.4 Å². The quantitative estimate of drug-likeness (QED) is 0.636. The summed E-state index contributed by atoms with van der Waals surface area (Å²) in [5, 5.41) is 0. The van der Waals surface area contributed by atoms with E-state index in [0.29, 0.717) is 25.3 Å². The molecule has 2 aromatic rings. The topological polar surface area (TPSA) is 97.4 Å². The predicted molar refractivity (Wildman–Crippen MR) is 124 cm³/mol. The van der Waals surface area contributed by atoms with Gasteiger partial charge >= 0.3 is 0 Å². The van der Waals surface area contributed by atoms with Crippen LogP contribution in [0, 0.1) is 0 Å². The molecule has 0 radical (unpaired) electrons. The van der Waals surface area contributed by atoms with Crippen molar-refractivity contribution in [2.75, 3.05) is 46.1 Å². The third-order valence-electron chi connectivity index (χ3n) is 6.44. The Labute approximate surface area is 199 Å². The molecule has 3 aliphatic rings. The molecule has 5 rings (SSSR count). The molecule has 182 valence electrons. The Morgan fingerprint density at radius 1 is 1.00 bits per heavy atom. The van der Waals surface area contributed by atoms with Crippen LogP contribution in [0.2, 0.25) is 0 Å². The molecule has 3 heterocycles. The van der Waals surface area contributed by atoms with E-state index in [1.54, 1.807) is 12.1 Å². The van der Waals surface area contributed by atoms with Crippen LogP contribution in [0.1, 0.15) is 28.8 Å². The van der Waals surface area contributed by atoms with E-state index in [1.807, 2.05) is 23.1 Å². The highest BCUT2D eigenvalue weighted by atomic mass is 32.2. The molecule has 3 aliphatic heterocycles. The Bertz CT molecular complexity index is 1120. The van der Waals surface area contributed by atoms with Gasteiger partial charge in [-0.3, -0.25) is 9.69 Å². The summed E-state index contributed by atoms with van der Waals surface area (Å²) in [6, 6.07) is 12.1. The summed E-state index contributed by atoms with van der Waals surface area (Å²) in [4.78, 5) is 17.2. The Morgan fingerprint density at radius 2 is 1.76 bits per heavy atom. The Morgan fingerprint density at radius 3 is 2.50 bits per heavy atom. The number of ether oxygens (including phenoxy) is 3. The average Bonchev–Trinajstić information content (AvgIpc) is 3.55. The largest absolute Gasteiger partial charge is 0.454 e. The molecule has 1 N–H and O–H groups in total. The fourth-order valence-corrected chi connectivity index (χ4v) is 5.52. The molecule has 2 fully saturated rings. The highest BCUT2D eigenvalue weighted by Gasteiger charge is 2.24. The monoisotopic (exact) mass is 487 g/mol. The van der Waals surface area contributed by atoms with Crippen molar-refractivity contribution >= 4 is 15.9 Å². The van der Waals surface area contributed by atoms with E-state index in [-0.39, 0.29) is 30.2 Å². The van der Waals surface area contributed by atoms with Crippen LogP contribution < -0.4 is 14.2 Å². The zero-order valence-electron chi connectivity index (χ0n) is 18.9. The first-order valence-corrected chi connectivity index (χ1v) is 13.1. The van der Waals surface area contributed by atoms with Gasteiger partial charge in [0.15, 0.2) is 11.5 Å². The van der Waals surface area contributed by atoms with E-state index in [0.717, 1.165) is 49.5 Å². The number of sulfonamides is 1. The number of piperazine rings is 1. The zero-order chi connectivity index (χ0) is 23.5. The number of nitrogens with one attached hydrogen (secondary N) is 1. The van der Waals surface area contributed by atoms with Gasteiger partial charge in [-0.1, -0.05) is 6.07 Å². The standard InChI is InChI=1S/C24H29N3O6S/c28-24(19-4-6-21(7-5-19)34(29,30)25-15-20-2-1-13-31-20)27-11-9-26(10-12-27)16-18-3-8-22-23(14-18)33-17-32-22/h3-8,14,20,25H,1-2,9-13,15-17H2. The van der Waals surface area contributed by atoms with Gasteiger partial charge in [-0.2, -0.15) is 0 Å². The molecule has 34 heavy (non-hydrogen) atoms. The lowest BCUT2D eigenvalue weighted by Gasteiger charge is -2.34. The third kappa shape index (κ3) is 5.20. The van der Waals surface area contributed by atoms with Gasteiger partial charge in [-0.25, -0.2) is 13.1 Å². The number of carbonyl (C=O) groups excluding carboxylic acids is 1. The van der Waals surface area contributed by atoms with E-state index in [9.17, 15) is 13.2 Å². The first-order valence-electron chi connectivity index (χ1n) is 11.6. The maximum absolute atomic E-state index is 12.9. The fourth-order valence-electron chi connectivity index (χ4n) is 4.46. The van der Waals surface area contributed by atoms with Crippen molar-refractivity contribution in [3.63, 3.8) is 0 Å². The fraction of sp³-hybridized carbons (Fsp3) is 0.458. The Kier molecular flexibility index (Phi) is 6.73. The summed E-state index contributed by atoms with van der Waals surface area (Å²) in [5.41, 5.74) is 1.64. The minimum atomic E-state index is -3.63. The van der Waals surface area contributed by atoms with E-state index < -0.39 is 10.0 Å². The second-order valence-electron chi connectivity index (χ2n) is 8.77. The Hall–Kier alpha value is -2.66. The van der Waals surface area contributed by atoms with Crippen molar-refractivity contribution < 1.29 is 27.4 Å². The molecule has 0 bridgehead atoms. The molecule has 0 aromatic heterocycles. The van der Waals surface area contributed by atoms with Crippen molar-refractivity contribution in [2.24, 2.45) is 0 Å². The number of rotatable bonds is 7. The van der Waals surface area contributed by atoms with Crippen LogP contribution in [0.25, 0.3) is 0 Å². The molecule has 0 aliphatic carbocycles. The van der Waals surface area contributed by atoms with Gasteiger partial charge in [-0.15, -0.1) is 0 Å². The van der Waals surface area contributed by atoms with Gasteiger partial charge in [0.2, 0.25) is 16.8 Å². The number of amides is 1. The number of fused-ring (bicyclic) bond motifs is 1. The predicted octanol–water partition coefficient (Wildman–Crippen LogP) is 1.83. The summed E-state index contributed by atoms with van der Waals surface area (Å²) in [5.74, 6) is 1.47. The molecule has 0 spiro atoms. The number of hydrogen-bond donors (Lipinski definition) is 1. The molecule has 2 aromatic carbocycles. The summed E-state index contributed by atoms with van der Waals surface area (Å²) < 4.78 is 44.0. The summed E-state index contributed by atoms with van der Waals surface area (Å²) in [6.45, 7) is 4.75. The van der Waals surface area contributed by atoms with Gasteiger partial charge in [-0.05, 0) is 54.8 Å². The lowest BCUT2D eigenvalue weighted by atomic mass is 10.1. The summed E-state index contributed by atoms with van der Waals surface area (Å²) >= 11 is 0. The first kappa shape index (κ1) is 23.1. The molecule has 1 amide bonds. The minimum absolute atomic E-state index is 0.0701. The molecule has 0 saturated carbocycles. The van der Waals surface area contributed by atoms with Crippen molar-refractivity contribution in [1.29, 1.82) is 0 Å². The molecule has 2 saturated heterocycles. The highest BCUT2D eigenvalue weighted by Crippen LogP contribution is 2.32. The maximum atomic E-state index is 12.9. The lowest BCUT2D eigenvalue weighted by Crippen LogP contribution is -2.48. The number of hydrogen-bond acceptors (Lipinski definition) is 7. The van der Waals surface area contributed by atoms with Crippen LogP contribution in [0.5, 0.6) is 11.5 Å². The van der Waals surface area contributed by atoms with Crippen LogP contribution in [-0.2, 0) is 21.3 Å². The van der Waals surface area contributed by atoms with Crippen molar-refractivity contribution in [2.45, 2.75) is 30.4 Å². The highest BCUT2D eigenvalue weighted by molar-refractivity contribution is 7.89. The lowest BCUT2D eigenvalue weighted by molar-refractivity contribution is 0.0628. The second kappa shape index (κ2) is 9.91. The van der Waals surface area contributed by atoms with E-state index in [2.05, 4.69) is 9.62 Å². The van der Waals surface area contributed by atoms with Crippen molar-refractivity contribution in [1.82, 2.24) is 14.5 Å². The number of benzene rings is 2. The van der Waals surface area contributed by atoms with E-state index >= 15 is 0 Å². The molecular formula is C24H29N3O6S. The zero-order valence-corrected chi connectivity index (χ0v) is 19.8. The molecule has 1 atom stereocenters. The van der Waals surface area contributed by atoms with E-state index in [1.165, 1.54) is 12.1 Å².